The quantitative estimate of drug-likeness (QED) is 0.297. The van der Waals surface area contributed by atoms with Crippen molar-refractivity contribution in [2.45, 2.75) is 6.42 Å². The molecule has 0 heterocycles. The van der Waals surface area contributed by atoms with Crippen LogP contribution in [0.5, 0.6) is 0 Å². The predicted octanol–water partition coefficient (Wildman–Crippen LogP) is -2.35. The molecule has 0 aliphatic heterocycles. The highest BCUT2D eigenvalue weighted by Gasteiger charge is 2.10. The summed E-state index contributed by atoms with van der Waals surface area (Å²) in [6.07, 6.45) is 0.833. The maximum atomic E-state index is 8.47. The zero-order chi connectivity index (χ0) is 7.33. The van der Waals surface area contributed by atoms with Crippen molar-refractivity contribution in [2.24, 2.45) is 0 Å². The third-order valence-corrected chi connectivity index (χ3v) is 1.89. The Kier molecular flexibility index (Phi) is 8.17. The van der Waals surface area contributed by atoms with Gasteiger partial charge in [0, 0.05) is 13.0 Å². The van der Waals surface area contributed by atoms with E-state index in [1.54, 1.807) is 0 Å². The lowest BCUT2D eigenvalue weighted by Crippen LogP contribution is -3.00. The molecule has 1 N–H and O–H groups in total. The number of aliphatic hydroxyl groups is 1. The Morgan fingerprint density at radius 1 is 1.40 bits per heavy atom. The fourth-order valence-electron chi connectivity index (χ4n) is 0.559. The molecule has 64 valence electrons. The number of nitrogens with zero attached hydrogens (tertiary/aromatic N) is 1. The molecule has 0 aromatic rings. The maximum absolute atomic E-state index is 8.47. The second kappa shape index (κ2) is 6.23. The van der Waals surface area contributed by atoms with Gasteiger partial charge in [-0.2, -0.15) is 0 Å². The Labute approximate surface area is 73.8 Å². The highest BCUT2D eigenvalue weighted by atomic mass is 35.5. The molecule has 0 amide bonds. The van der Waals surface area contributed by atoms with Crippen molar-refractivity contribution in [1.82, 2.24) is 0 Å². The van der Waals surface area contributed by atoms with Crippen molar-refractivity contribution >= 4 is 11.6 Å². The summed E-state index contributed by atoms with van der Waals surface area (Å²) < 4.78 is 0.780. The van der Waals surface area contributed by atoms with Gasteiger partial charge >= 0.3 is 0 Å². The fraction of sp³-hybridized carbons (Fsp3) is 1.00. The van der Waals surface area contributed by atoms with Crippen LogP contribution in [0.3, 0.4) is 0 Å². The number of halogens is 2. The minimum atomic E-state index is 0. The number of quaternary nitrogens is 1. The highest BCUT2D eigenvalue weighted by Crippen LogP contribution is 1.99. The Bertz CT molecular complexity index is 78.1. The summed E-state index contributed by atoms with van der Waals surface area (Å²) in [4.78, 5) is 0. The van der Waals surface area contributed by atoms with E-state index in [4.69, 9.17) is 16.7 Å². The van der Waals surface area contributed by atoms with Crippen LogP contribution in [-0.2, 0) is 0 Å². The van der Waals surface area contributed by atoms with Gasteiger partial charge in [0.15, 0.2) is 6.00 Å². The summed E-state index contributed by atoms with van der Waals surface area (Å²) in [6, 6.07) is 0.611. The summed E-state index contributed by atoms with van der Waals surface area (Å²) in [7, 11) is 4.09. The van der Waals surface area contributed by atoms with E-state index in [1.807, 2.05) is 14.1 Å². The number of aliphatic hydroxyl groups excluding tert-OH is 1. The van der Waals surface area contributed by atoms with E-state index in [1.165, 1.54) is 0 Å². The van der Waals surface area contributed by atoms with Gasteiger partial charge in [0.1, 0.15) is 0 Å². The zero-order valence-electron chi connectivity index (χ0n) is 6.48. The molecule has 0 unspecified atom stereocenters. The van der Waals surface area contributed by atoms with Crippen LogP contribution in [0.15, 0.2) is 0 Å². The molecule has 0 radical (unpaired) electrons. The molecule has 10 heavy (non-hydrogen) atoms. The van der Waals surface area contributed by atoms with Crippen molar-refractivity contribution in [3.8, 4) is 0 Å². The monoisotopic (exact) mass is 187 g/mol. The van der Waals surface area contributed by atoms with E-state index in [9.17, 15) is 0 Å². The molecular formula is C6H15Cl2NO. The smallest absolute Gasteiger partial charge is 0.154 e. The molecular weight excluding hydrogens is 173 g/mol. The van der Waals surface area contributed by atoms with Crippen molar-refractivity contribution in [3.63, 3.8) is 0 Å². The summed E-state index contributed by atoms with van der Waals surface area (Å²) in [5.74, 6) is 0. The third-order valence-electron chi connectivity index (χ3n) is 1.25. The van der Waals surface area contributed by atoms with Crippen LogP contribution in [-0.4, -0.2) is 42.8 Å². The molecule has 0 bridgehead atoms. The Morgan fingerprint density at radius 3 is 2.20 bits per heavy atom. The molecule has 0 rings (SSSR count). The second-order valence-electron chi connectivity index (χ2n) is 2.86. The van der Waals surface area contributed by atoms with Gasteiger partial charge < -0.3 is 22.0 Å². The maximum Gasteiger partial charge on any atom is 0.154 e. The lowest BCUT2D eigenvalue weighted by molar-refractivity contribution is -0.879. The first-order valence-electron chi connectivity index (χ1n) is 3.11. The van der Waals surface area contributed by atoms with Gasteiger partial charge in [0.25, 0.3) is 0 Å². The molecule has 0 spiro atoms. The van der Waals surface area contributed by atoms with E-state index in [2.05, 4.69) is 0 Å². The Balaban J connectivity index is 0. The van der Waals surface area contributed by atoms with Crippen LogP contribution in [0.4, 0.5) is 0 Å². The van der Waals surface area contributed by atoms with Gasteiger partial charge in [-0.3, -0.25) is 0 Å². The summed E-state index contributed by atoms with van der Waals surface area (Å²) in [5.41, 5.74) is 0. The van der Waals surface area contributed by atoms with E-state index in [0.717, 1.165) is 17.4 Å². The van der Waals surface area contributed by atoms with Gasteiger partial charge in [-0.25, -0.2) is 0 Å². The summed E-state index contributed by atoms with van der Waals surface area (Å²) in [5, 5.41) is 8.47. The van der Waals surface area contributed by atoms with Gasteiger partial charge in [-0.1, -0.05) is 11.6 Å². The predicted molar refractivity (Wildman–Crippen MR) is 39.4 cm³/mol. The van der Waals surface area contributed by atoms with Gasteiger partial charge in [-0.05, 0) is 0 Å². The summed E-state index contributed by atoms with van der Waals surface area (Å²) in [6.45, 7) is 1.21. The second-order valence-corrected chi connectivity index (χ2v) is 3.10. The van der Waals surface area contributed by atoms with Gasteiger partial charge in [0.05, 0.1) is 20.6 Å². The number of hydrogen-bond acceptors (Lipinski definition) is 1. The Hall–Kier alpha value is 0.500. The molecule has 0 saturated heterocycles. The Morgan fingerprint density at radius 2 is 1.90 bits per heavy atom. The van der Waals surface area contributed by atoms with Crippen LogP contribution in [0.1, 0.15) is 6.42 Å². The minimum absolute atomic E-state index is 0. The minimum Gasteiger partial charge on any atom is -1.00 e. The van der Waals surface area contributed by atoms with Crippen LogP contribution in [0, 0.1) is 0 Å². The molecule has 2 nitrogen and oxygen atoms in total. The average Bonchev–Trinajstić information content (AvgIpc) is 1.84. The van der Waals surface area contributed by atoms with E-state index in [0.29, 0.717) is 6.00 Å². The van der Waals surface area contributed by atoms with Crippen molar-refractivity contribution in [3.05, 3.63) is 0 Å². The SMILES string of the molecule is C[N+](C)(CCl)CCCO.[Cl-]. The first kappa shape index (κ1) is 13.1. The third kappa shape index (κ3) is 6.62. The molecule has 0 aliphatic carbocycles. The molecule has 0 fully saturated rings. The lowest BCUT2D eigenvalue weighted by Gasteiger charge is -2.26. The topological polar surface area (TPSA) is 20.2 Å². The van der Waals surface area contributed by atoms with E-state index < -0.39 is 0 Å². The normalized spacial score (nSPS) is 10.8. The van der Waals surface area contributed by atoms with E-state index in [-0.39, 0.29) is 19.0 Å². The van der Waals surface area contributed by atoms with E-state index >= 15 is 0 Å². The molecule has 4 heteroatoms. The van der Waals surface area contributed by atoms with Crippen molar-refractivity contribution in [2.75, 3.05) is 33.3 Å². The summed E-state index contributed by atoms with van der Waals surface area (Å²) >= 11 is 5.62. The van der Waals surface area contributed by atoms with Crippen molar-refractivity contribution < 1.29 is 22.0 Å². The molecule has 0 aromatic heterocycles. The average molecular weight is 188 g/mol. The standard InChI is InChI=1S/C6H15ClNO.ClH/c1-8(2,6-7)4-3-5-9;/h9H,3-6H2,1-2H3;1H/q+1;/p-1. The van der Waals surface area contributed by atoms with Crippen LogP contribution >= 0.6 is 11.6 Å². The van der Waals surface area contributed by atoms with Crippen molar-refractivity contribution in [1.29, 1.82) is 0 Å². The van der Waals surface area contributed by atoms with Crippen LogP contribution in [0.25, 0.3) is 0 Å². The lowest BCUT2D eigenvalue weighted by atomic mass is 10.4. The molecule has 0 saturated carbocycles. The zero-order valence-corrected chi connectivity index (χ0v) is 7.99. The fourth-order valence-corrected chi connectivity index (χ4v) is 0.678. The molecule has 0 aliphatic rings. The largest absolute Gasteiger partial charge is 1.00 e. The van der Waals surface area contributed by atoms with Gasteiger partial charge in [-0.15, -0.1) is 0 Å². The number of rotatable bonds is 4. The number of alkyl halides is 1. The number of hydrogen-bond donors (Lipinski definition) is 1. The molecule has 0 aromatic carbocycles. The highest BCUT2D eigenvalue weighted by molar-refractivity contribution is 6.16. The molecule has 0 atom stereocenters. The van der Waals surface area contributed by atoms with Crippen LogP contribution < -0.4 is 12.4 Å². The first-order chi connectivity index (χ1) is 4.12. The van der Waals surface area contributed by atoms with Crippen LogP contribution in [0.2, 0.25) is 0 Å². The first-order valence-corrected chi connectivity index (χ1v) is 3.64. The van der Waals surface area contributed by atoms with Gasteiger partial charge in [0.2, 0.25) is 0 Å².